The average molecular weight is 381 g/mol. The molecule has 144 valence electrons. The second kappa shape index (κ2) is 9.13. The molecule has 1 atom stereocenters. The van der Waals surface area contributed by atoms with E-state index in [1.54, 1.807) is 43.5 Å². The molecule has 0 aliphatic heterocycles. The van der Waals surface area contributed by atoms with Gasteiger partial charge in [0, 0.05) is 0 Å². The highest BCUT2D eigenvalue weighted by Gasteiger charge is 2.17. The standard InChI is InChI=1S/C23H21F2NO2/c1-28-21-10-8-16(9-11-21)14-23(27)26-22(18-5-3-7-20(25)15-18)13-17-4-2-6-19(24)12-17/h2-12,15,22H,13-14H2,1H3,(H,26,27). The fraction of sp³-hybridized carbons (Fsp3) is 0.174. The Morgan fingerprint density at radius 2 is 1.61 bits per heavy atom. The Bertz CT molecular complexity index is 941. The van der Waals surface area contributed by atoms with Crippen molar-refractivity contribution in [3.63, 3.8) is 0 Å². The van der Waals surface area contributed by atoms with Gasteiger partial charge in [0.05, 0.1) is 19.6 Å². The number of methoxy groups -OCH3 is 1. The third-order valence-corrected chi connectivity index (χ3v) is 4.44. The Morgan fingerprint density at radius 3 is 2.25 bits per heavy atom. The Morgan fingerprint density at radius 1 is 0.929 bits per heavy atom. The summed E-state index contributed by atoms with van der Waals surface area (Å²) in [6, 6.07) is 19.0. The Balaban J connectivity index is 1.76. The van der Waals surface area contributed by atoms with Crippen molar-refractivity contribution in [2.45, 2.75) is 18.9 Å². The van der Waals surface area contributed by atoms with E-state index >= 15 is 0 Å². The van der Waals surface area contributed by atoms with Crippen LogP contribution in [0.25, 0.3) is 0 Å². The number of rotatable bonds is 7. The normalized spacial score (nSPS) is 11.7. The van der Waals surface area contributed by atoms with E-state index in [1.807, 2.05) is 12.1 Å². The van der Waals surface area contributed by atoms with E-state index in [2.05, 4.69) is 5.32 Å². The van der Waals surface area contributed by atoms with Crippen LogP contribution in [0.2, 0.25) is 0 Å². The van der Waals surface area contributed by atoms with Gasteiger partial charge in [-0.3, -0.25) is 4.79 Å². The number of carbonyl (C=O) groups excluding carboxylic acids is 1. The van der Waals surface area contributed by atoms with E-state index in [0.29, 0.717) is 17.7 Å². The van der Waals surface area contributed by atoms with Crippen LogP contribution < -0.4 is 10.1 Å². The minimum atomic E-state index is -0.469. The summed E-state index contributed by atoms with van der Waals surface area (Å²) in [5.41, 5.74) is 2.19. The van der Waals surface area contributed by atoms with Crippen LogP contribution in [0.1, 0.15) is 22.7 Å². The smallest absolute Gasteiger partial charge is 0.224 e. The zero-order valence-corrected chi connectivity index (χ0v) is 15.5. The van der Waals surface area contributed by atoms with Crippen LogP contribution in [0, 0.1) is 11.6 Å². The number of hydrogen-bond donors (Lipinski definition) is 1. The molecule has 0 aliphatic rings. The van der Waals surface area contributed by atoms with Gasteiger partial charge in [-0.05, 0) is 59.5 Å². The molecule has 0 saturated heterocycles. The van der Waals surface area contributed by atoms with Crippen LogP contribution >= 0.6 is 0 Å². The number of hydrogen-bond acceptors (Lipinski definition) is 2. The first-order valence-corrected chi connectivity index (χ1v) is 8.95. The lowest BCUT2D eigenvalue weighted by Crippen LogP contribution is -2.31. The van der Waals surface area contributed by atoms with Gasteiger partial charge < -0.3 is 10.1 Å². The molecule has 3 rings (SSSR count). The fourth-order valence-electron chi connectivity index (χ4n) is 3.05. The Labute approximate surface area is 163 Å². The summed E-state index contributed by atoms with van der Waals surface area (Å²) < 4.78 is 32.4. The van der Waals surface area contributed by atoms with Gasteiger partial charge in [-0.1, -0.05) is 36.4 Å². The lowest BCUT2D eigenvalue weighted by atomic mass is 9.98. The molecule has 0 aliphatic carbocycles. The summed E-state index contributed by atoms with van der Waals surface area (Å²) in [6.07, 6.45) is 0.536. The lowest BCUT2D eigenvalue weighted by Gasteiger charge is -2.20. The molecule has 5 heteroatoms. The quantitative estimate of drug-likeness (QED) is 0.649. The summed E-state index contributed by atoms with van der Waals surface area (Å²) in [6.45, 7) is 0. The van der Waals surface area contributed by atoms with Crippen LogP contribution in [0.5, 0.6) is 5.75 Å². The van der Waals surface area contributed by atoms with Crippen LogP contribution in [0.15, 0.2) is 72.8 Å². The molecule has 0 fully saturated rings. The highest BCUT2D eigenvalue weighted by atomic mass is 19.1. The molecule has 1 unspecified atom stereocenters. The van der Waals surface area contributed by atoms with Crippen molar-refractivity contribution in [1.82, 2.24) is 5.32 Å². The third-order valence-electron chi connectivity index (χ3n) is 4.44. The van der Waals surface area contributed by atoms with Gasteiger partial charge in [-0.25, -0.2) is 8.78 Å². The van der Waals surface area contributed by atoms with E-state index in [0.717, 1.165) is 11.1 Å². The molecule has 28 heavy (non-hydrogen) atoms. The van der Waals surface area contributed by atoms with Crippen molar-refractivity contribution in [1.29, 1.82) is 0 Å². The largest absolute Gasteiger partial charge is 0.497 e. The number of carbonyl (C=O) groups is 1. The zero-order chi connectivity index (χ0) is 19.9. The third kappa shape index (κ3) is 5.39. The summed E-state index contributed by atoms with van der Waals surface area (Å²) in [4.78, 5) is 12.6. The maximum Gasteiger partial charge on any atom is 0.224 e. The summed E-state index contributed by atoms with van der Waals surface area (Å²) in [5, 5.41) is 2.95. The first-order valence-electron chi connectivity index (χ1n) is 8.95. The predicted octanol–water partition coefficient (Wildman–Crippen LogP) is 4.62. The molecule has 3 aromatic carbocycles. The summed E-state index contributed by atoms with van der Waals surface area (Å²) >= 11 is 0. The van der Waals surface area contributed by atoms with E-state index in [4.69, 9.17) is 4.74 Å². The van der Waals surface area contributed by atoms with Gasteiger partial charge in [0.15, 0.2) is 0 Å². The molecular formula is C23H21F2NO2. The highest BCUT2D eigenvalue weighted by molar-refractivity contribution is 5.79. The molecule has 1 amide bonds. The molecule has 0 radical (unpaired) electrons. The van der Waals surface area contributed by atoms with E-state index in [1.165, 1.54) is 24.3 Å². The molecule has 3 aromatic rings. The molecule has 1 N–H and O–H groups in total. The van der Waals surface area contributed by atoms with Gasteiger partial charge in [0.25, 0.3) is 0 Å². The van der Waals surface area contributed by atoms with Gasteiger partial charge in [-0.2, -0.15) is 0 Å². The topological polar surface area (TPSA) is 38.3 Å². The number of nitrogens with one attached hydrogen (secondary N) is 1. The van der Waals surface area contributed by atoms with Crippen molar-refractivity contribution in [2.24, 2.45) is 0 Å². The van der Waals surface area contributed by atoms with Crippen molar-refractivity contribution in [3.8, 4) is 5.75 Å². The molecule has 0 saturated carbocycles. The molecule has 3 nitrogen and oxygen atoms in total. The van der Waals surface area contributed by atoms with Crippen LogP contribution in [0.4, 0.5) is 8.78 Å². The molecule has 0 spiro atoms. The second-order valence-corrected chi connectivity index (χ2v) is 6.53. The molecule has 0 aromatic heterocycles. The van der Waals surface area contributed by atoms with Crippen molar-refractivity contribution >= 4 is 5.91 Å². The molecule has 0 heterocycles. The Kier molecular flexibility index (Phi) is 6.37. The zero-order valence-electron chi connectivity index (χ0n) is 15.5. The SMILES string of the molecule is COc1ccc(CC(=O)NC(Cc2cccc(F)c2)c2cccc(F)c2)cc1. The van der Waals surface area contributed by atoms with Crippen LogP contribution in [-0.2, 0) is 17.6 Å². The number of ether oxygens (including phenoxy) is 1. The lowest BCUT2D eigenvalue weighted by molar-refractivity contribution is -0.121. The van der Waals surface area contributed by atoms with Crippen molar-refractivity contribution in [2.75, 3.05) is 7.11 Å². The highest BCUT2D eigenvalue weighted by Crippen LogP contribution is 2.21. The fourth-order valence-corrected chi connectivity index (χ4v) is 3.05. The number of amides is 1. The minimum Gasteiger partial charge on any atom is -0.497 e. The summed E-state index contributed by atoms with van der Waals surface area (Å²) in [7, 11) is 1.58. The maximum absolute atomic E-state index is 13.7. The number of halogens is 2. The van der Waals surface area contributed by atoms with Gasteiger partial charge in [-0.15, -0.1) is 0 Å². The van der Waals surface area contributed by atoms with Crippen molar-refractivity contribution < 1.29 is 18.3 Å². The Hall–Kier alpha value is -3.21. The first kappa shape index (κ1) is 19.5. The van der Waals surface area contributed by atoms with Gasteiger partial charge in [0.2, 0.25) is 5.91 Å². The second-order valence-electron chi connectivity index (χ2n) is 6.53. The van der Waals surface area contributed by atoms with Gasteiger partial charge >= 0.3 is 0 Å². The van der Waals surface area contributed by atoms with E-state index < -0.39 is 6.04 Å². The van der Waals surface area contributed by atoms with Crippen LogP contribution in [-0.4, -0.2) is 13.0 Å². The summed E-state index contributed by atoms with van der Waals surface area (Å²) in [5.74, 6) is -0.213. The average Bonchev–Trinajstić information content (AvgIpc) is 2.68. The maximum atomic E-state index is 13.7. The van der Waals surface area contributed by atoms with Crippen molar-refractivity contribution in [3.05, 3.63) is 101 Å². The molecular weight excluding hydrogens is 360 g/mol. The first-order chi connectivity index (χ1) is 13.5. The number of benzene rings is 3. The molecule has 0 bridgehead atoms. The van der Waals surface area contributed by atoms with Gasteiger partial charge in [0.1, 0.15) is 17.4 Å². The van der Waals surface area contributed by atoms with E-state index in [9.17, 15) is 13.6 Å². The predicted molar refractivity (Wildman–Crippen MR) is 104 cm³/mol. The minimum absolute atomic E-state index is 0.180. The monoisotopic (exact) mass is 381 g/mol. The van der Waals surface area contributed by atoms with E-state index in [-0.39, 0.29) is 24.0 Å². The van der Waals surface area contributed by atoms with Crippen LogP contribution in [0.3, 0.4) is 0 Å².